The summed E-state index contributed by atoms with van der Waals surface area (Å²) in [5, 5.41) is 32.0. The van der Waals surface area contributed by atoms with Crippen molar-refractivity contribution >= 4 is 5.97 Å². The van der Waals surface area contributed by atoms with E-state index < -0.39 is 18.4 Å². The minimum Gasteiger partial charge on any atom is -0.478 e. The summed E-state index contributed by atoms with van der Waals surface area (Å²) in [5.74, 6) is -2.79. The SMILES string of the molecule is CC(O)(O)CO.CC=CC(=O)O. The third-order valence-corrected chi connectivity index (χ3v) is 0.609. The molecule has 0 radical (unpaired) electrons. The Morgan fingerprint density at radius 1 is 1.50 bits per heavy atom. The van der Waals surface area contributed by atoms with Gasteiger partial charge in [0.2, 0.25) is 0 Å². The first-order valence-corrected chi connectivity index (χ1v) is 3.24. The number of carbonyl (C=O) groups is 1. The van der Waals surface area contributed by atoms with E-state index >= 15 is 0 Å². The van der Waals surface area contributed by atoms with E-state index in [-0.39, 0.29) is 0 Å². The second-order valence-electron chi connectivity index (χ2n) is 2.21. The maximum atomic E-state index is 9.51. The highest BCUT2D eigenvalue weighted by Gasteiger charge is 2.10. The van der Waals surface area contributed by atoms with Gasteiger partial charge in [-0.3, -0.25) is 0 Å². The van der Waals surface area contributed by atoms with Crippen molar-refractivity contribution in [2.24, 2.45) is 0 Å². The fraction of sp³-hybridized carbons (Fsp3) is 0.571. The fourth-order valence-corrected chi connectivity index (χ4v) is 0.143. The normalized spacial score (nSPS) is 10.8. The molecule has 0 aliphatic heterocycles. The van der Waals surface area contributed by atoms with E-state index in [1.54, 1.807) is 6.92 Å². The van der Waals surface area contributed by atoms with Crippen LogP contribution in [-0.4, -0.2) is 38.8 Å². The number of allylic oxidation sites excluding steroid dienone is 1. The van der Waals surface area contributed by atoms with Crippen LogP contribution in [0.3, 0.4) is 0 Å². The van der Waals surface area contributed by atoms with E-state index in [1.807, 2.05) is 0 Å². The Labute approximate surface area is 70.6 Å². The lowest BCUT2D eigenvalue weighted by Gasteiger charge is -2.09. The van der Waals surface area contributed by atoms with E-state index in [2.05, 4.69) is 0 Å². The van der Waals surface area contributed by atoms with Crippen LogP contribution in [0.25, 0.3) is 0 Å². The summed E-state index contributed by atoms with van der Waals surface area (Å²) in [5.41, 5.74) is 0. The Balaban J connectivity index is 0. The third-order valence-electron chi connectivity index (χ3n) is 0.609. The number of aliphatic carboxylic acids is 1. The Morgan fingerprint density at radius 3 is 1.83 bits per heavy atom. The highest BCUT2D eigenvalue weighted by atomic mass is 16.5. The number of aliphatic hydroxyl groups excluding tert-OH is 1. The number of aliphatic hydroxyl groups is 3. The number of hydrogen-bond acceptors (Lipinski definition) is 4. The molecule has 0 fully saturated rings. The summed E-state index contributed by atoms with van der Waals surface area (Å²) in [4.78, 5) is 9.51. The number of hydrogen-bond donors (Lipinski definition) is 4. The van der Waals surface area contributed by atoms with Gasteiger partial charge >= 0.3 is 5.97 Å². The predicted molar refractivity (Wildman–Crippen MR) is 42.4 cm³/mol. The van der Waals surface area contributed by atoms with Gasteiger partial charge in [-0.1, -0.05) is 6.08 Å². The zero-order chi connectivity index (χ0) is 10.2. The third kappa shape index (κ3) is 23.0. The molecular weight excluding hydrogens is 164 g/mol. The van der Waals surface area contributed by atoms with Gasteiger partial charge in [-0.05, 0) is 13.8 Å². The van der Waals surface area contributed by atoms with Crippen molar-refractivity contribution < 1.29 is 25.2 Å². The summed E-state index contributed by atoms with van der Waals surface area (Å²) < 4.78 is 0. The molecule has 12 heavy (non-hydrogen) atoms. The first kappa shape index (κ1) is 13.7. The first-order valence-electron chi connectivity index (χ1n) is 3.24. The van der Waals surface area contributed by atoms with Gasteiger partial charge in [-0.15, -0.1) is 0 Å². The van der Waals surface area contributed by atoms with Crippen LogP contribution in [0.15, 0.2) is 12.2 Å². The molecular formula is C7H14O5. The van der Waals surface area contributed by atoms with Crippen LogP contribution in [-0.2, 0) is 4.79 Å². The van der Waals surface area contributed by atoms with Gasteiger partial charge in [0.05, 0.1) is 6.61 Å². The van der Waals surface area contributed by atoms with E-state index in [9.17, 15) is 4.79 Å². The summed E-state index contributed by atoms with van der Waals surface area (Å²) in [6, 6.07) is 0. The van der Waals surface area contributed by atoms with Crippen molar-refractivity contribution in [3.05, 3.63) is 12.2 Å². The van der Waals surface area contributed by atoms with Gasteiger partial charge in [0, 0.05) is 6.08 Å². The monoisotopic (exact) mass is 178 g/mol. The minimum atomic E-state index is -1.90. The molecule has 4 N–H and O–H groups in total. The predicted octanol–water partition coefficient (Wildman–Crippen LogP) is -0.673. The van der Waals surface area contributed by atoms with E-state index in [0.29, 0.717) is 0 Å². The molecule has 0 amide bonds. The van der Waals surface area contributed by atoms with Gasteiger partial charge in [-0.25, -0.2) is 4.79 Å². The molecule has 0 heterocycles. The van der Waals surface area contributed by atoms with Crippen LogP contribution in [0, 0.1) is 0 Å². The molecule has 0 saturated carbocycles. The first-order chi connectivity index (χ1) is 5.33. The van der Waals surface area contributed by atoms with Gasteiger partial charge in [0.15, 0.2) is 5.79 Å². The van der Waals surface area contributed by atoms with Crippen LogP contribution in [0.4, 0.5) is 0 Å². The van der Waals surface area contributed by atoms with E-state index in [1.165, 1.54) is 6.08 Å². The molecule has 0 aliphatic carbocycles. The molecule has 72 valence electrons. The smallest absolute Gasteiger partial charge is 0.327 e. The van der Waals surface area contributed by atoms with Gasteiger partial charge in [0.25, 0.3) is 0 Å². The molecule has 0 aliphatic rings. The molecule has 0 aromatic rings. The molecule has 0 spiro atoms. The molecule has 0 rings (SSSR count). The molecule has 0 unspecified atom stereocenters. The molecule has 5 nitrogen and oxygen atoms in total. The van der Waals surface area contributed by atoms with Crippen LogP contribution in [0.1, 0.15) is 13.8 Å². The molecule has 0 bridgehead atoms. The van der Waals surface area contributed by atoms with Gasteiger partial charge < -0.3 is 20.4 Å². The average molecular weight is 178 g/mol. The Hall–Kier alpha value is -0.910. The quantitative estimate of drug-likeness (QED) is 0.332. The molecule has 0 atom stereocenters. The van der Waals surface area contributed by atoms with Crippen LogP contribution in [0.5, 0.6) is 0 Å². The van der Waals surface area contributed by atoms with Crippen molar-refractivity contribution in [1.29, 1.82) is 0 Å². The van der Waals surface area contributed by atoms with Crippen molar-refractivity contribution in [2.45, 2.75) is 19.6 Å². The minimum absolute atomic E-state index is 0.618. The summed E-state index contributed by atoms with van der Waals surface area (Å²) in [6.07, 6.45) is 2.56. The summed E-state index contributed by atoms with van der Waals surface area (Å²) in [6.45, 7) is 2.15. The van der Waals surface area contributed by atoms with Crippen LogP contribution < -0.4 is 0 Å². The lowest BCUT2D eigenvalue weighted by molar-refractivity contribution is -0.171. The van der Waals surface area contributed by atoms with Crippen molar-refractivity contribution in [2.75, 3.05) is 6.61 Å². The highest BCUT2D eigenvalue weighted by Crippen LogP contribution is 1.90. The largest absolute Gasteiger partial charge is 0.478 e. The van der Waals surface area contributed by atoms with Crippen LogP contribution >= 0.6 is 0 Å². The van der Waals surface area contributed by atoms with Gasteiger partial charge in [-0.2, -0.15) is 0 Å². The topological polar surface area (TPSA) is 98.0 Å². The molecule has 0 aromatic carbocycles. The number of rotatable bonds is 2. The van der Waals surface area contributed by atoms with Gasteiger partial charge in [0.1, 0.15) is 0 Å². The summed E-state index contributed by atoms with van der Waals surface area (Å²) in [7, 11) is 0. The molecule has 5 heteroatoms. The maximum absolute atomic E-state index is 9.51. The number of carboxylic acid groups (broad SMARTS) is 1. The highest BCUT2D eigenvalue weighted by molar-refractivity contribution is 5.79. The second kappa shape index (κ2) is 6.78. The summed E-state index contributed by atoms with van der Waals surface area (Å²) >= 11 is 0. The zero-order valence-electron chi connectivity index (χ0n) is 7.06. The molecule has 0 aromatic heterocycles. The van der Waals surface area contributed by atoms with E-state index in [4.69, 9.17) is 20.4 Å². The van der Waals surface area contributed by atoms with Crippen molar-refractivity contribution in [3.8, 4) is 0 Å². The Morgan fingerprint density at radius 2 is 1.83 bits per heavy atom. The number of carboxylic acids is 1. The van der Waals surface area contributed by atoms with Crippen molar-refractivity contribution in [3.63, 3.8) is 0 Å². The van der Waals surface area contributed by atoms with E-state index in [0.717, 1.165) is 13.0 Å². The Bertz CT molecular complexity index is 144. The van der Waals surface area contributed by atoms with Crippen molar-refractivity contribution in [1.82, 2.24) is 0 Å². The second-order valence-corrected chi connectivity index (χ2v) is 2.21. The average Bonchev–Trinajstić information content (AvgIpc) is 1.87. The lowest BCUT2D eigenvalue weighted by atomic mass is 10.4. The van der Waals surface area contributed by atoms with Crippen LogP contribution in [0.2, 0.25) is 0 Å². The zero-order valence-corrected chi connectivity index (χ0v) is 7.06. The fourth-order valence-electron chi connectivity index (χ4n) is 0.143. The lowest BCUT2D eigenvalue weighted by Crippen LogP contribution is -2.27. The Kier molecular flexibility index (Phi) is 7.72. The standard InChI is InChI=1S/C4H6O2.C3H8O3/c1-2-3-4(5)6;1-3(5,6)2-4/h2-3H,1H3,(H,5,6);4-6H,2H2,1H3. The maximum Gasteiger partial charge on any atom is 0.327 e. The molecule has 0 saturated heterocycles.